The van der Waals surface area contributed by atoms with Gasteiger partial charge in [-0.3, -0.25) is 9.05 Å². The number of hydrogen-bond acceptors (Lipinski definition) is 8. The van der Waals surface area contributed by atoms with E-state index in [0.717, 1.165) is 0 Å². The zero-order chi connectivity index (χ0) is 20.5. The molecule has 0 saturated heterocycles. The number of hydrogen-bond donors (Lipinski definition) is 5. The summed E-state index contributed by atoms with van der Waals surface area (Å²) in [5.41, 5.74) is -0.486. The Morgan fingerprint density at radius 3 is 2.61 bits per heavy atom. The van der Waals surface area contributed by atoms with Crippen LogP contribution in [0.4, 0.5) is 5.82 Å². The van der Waals surface area contributed by atoms with Gasteiger partial charge in [-0.05, 0) is 12.8 Å². The second-order valence-corrected chi connectivity index (χ2v) is 9.97. The molecule has 0 unspecified atom stereocenters. The molecule has 0 radical (unpaired) electrons. The fraction of sp³-hybridized carbons (Fsp3) is 0.583. The zero-order valence-corrected chi connectivity index (χ0v) is 18.2. The van der Waals surface area contributed by atoms with Gasteiger partial charge in [0.2, 0.25) is 0 Å². The second-order valence-electron chi connectivity index (χ2n) is 6.65. The van der Waals surface area contributed by atoms with Crippen molar-refractivity contribution >= 4 is 55.2 Å². The highest BCUT2D eigenvalue weighted by molar-refractivity contribution is 14.1. The van der Waals surface area contributed by atoms with E-state index in [1.54, 1.807) is 11.6 Å². The second kappa shape index (κ2) is 6.65. The topological polar surface area (TPSA) is 189 Å². The molecular weight excluding hydrogens is 532 g/mol. The van der Waals surface area contributed by atoms with Crippen LogP contribution in [0.1, 0.15) is 18.9 Å². The molecule has 4 rings (SSSR count). The maximum atomic E-state index is 11.4. The fourth-order valence-electron chi connectivity index (χ4n) is 4.00. The number of halogens is 1. The Hall–Kier alpha value is -0.700. The molecule has 13 nitrogen and oxygen atoms in total. The summed E-state index contributed by atoms with van der Waals surface area (Å²) in [5.74, 6) is 0.0856. The Morgan fingerprint density at radius 2 is 2.00 bits per heavy atom. The molecule has 2 fully saturated rings. The van der Waals surface area contributed by atoms with Crippen molar-refractivity contribution in [2.75, 3.05) is 12.4 Å². The highest BCUT2D eigenvalue weighted by Gasteiger charge is 2.73. The Kier molecular flexibility index (Phi) is 4.89. The molecule has 28 heavy (non-hydrogen) atoms. The van der Waals surface area contributed by atoms with Crippen LogP contribution in [-0.2, 0) is 18.2 Å². The molecule has 2 aliphatic rings. The van der Waals surface area contributed by atoms with Gasteiger partial charge in [-0.1, -0.05) is 0 Å². The van der Waals surface area contributed by atoms with Crippen molar-refractivity contribution in [1.29, 1.82) is 0 Å². The van der Waals surface area contributed by atoms with Crippen LogP contribution < -0.4 is 5.32 Å². The minimum absolute atomic E-state index is 0.0662. The lowest BCUT2D eigenvalue weighted by molar-refractivity contribution is 0.00575. The van der Waals surface area contributed by atoms with E-state index in [1.807, 2.05) is 22.6 Å². The first-order chi connectivity index (χ1) is 12.9. The van der Waals surface area contributed by atoms with Crippen molar-refractivity contribution in [2.24, 2.45) is 5.92 Å². The van der Waals surface area contributed by atoms with Crippen molar-refractivity contribution in [2.45, 2.75) is 30.6 Å². The Bertz CT molecular complexity index is 1040. The van der Waals surface area contributed by atoms with E-state index in [9.17, 15) is 28.7 Å². The van der Waals surface area contributed by atoms with Gasteiger partial charge in [-0.25, -0.2) is 24.1 Å². The quantitative estimate of drug-likeness (QED) is 0.194. The number of phosphoric ester groups is 2. The highest BCUT2D eigenvalue weighted by atomic mass is 127. The van der Waals surface area contributed by atoms with E-state index in [-0.39, 0.29) is 12.8 Å². The summed E-state index contributed by atoms with van der Waals surface area (Å²) in [5, 5.41) is 2.93. The van der Waals surface area contributed by atoms with Gasteiger partial charge in [-0.2, -0.15) is 0 Å². The molecule has 154 valence electrons. The monoisotopic (exact) mass is 548 g/mol. The maximum Gasteiger partial charge on any atom is 0.470 e. The van der Waals surface area contributed by atoms with Crippen LogP contribution in [0.5, 0.6) is 0 Å². The van der Waals surface area contributed by atoms with Gasteiger partial charge in [0.15, 0.2) is 20.8 Å². The number of rotatable bonds is 6. The normalized spacial score (nSPS) is 29.9. The SMILES string of the molecule is CNc1nc(I)nc2c1ncn2[C@H]1C[C@H](OP(=O)(O)O)[C@]2(O[32P](=O)(O)O)C[C@H]12. The van der Waals surface area contributed by atoms with E-state index in [4.69, 9.17) is 9.05 Å². The highest BCUT2D eigenvalue weighted by Crippen LogP contribution is 2.69. The number of phosphoric acid groups is 2. The number of fused-ring (bicyclic) bond motifs is 2. The average Bonchev–Trinajstić information content (AvgIpc) is 2.96. The maximum absolute atomic E-state index is 11.4. The van der Waals surface area contributed by atoms with Gasteiger partial charge in [0.05, 0.1) is 6.33 Å². The van der Waals surface area contributed by atoms with Gasteiger partial charge in [0.1, 0.15) is 11.7 Å². The first-order valence-corrected chi connectivity index (χ1v) is 12.2. The third-order valence-corrected chi connectivity index (χ3v) is 6.60. The Morgan fingerprint density at radius 1 is 1.29 bits per heavy atom. The standard InChI is InChI=1S/C12H16IN5O8P2/c1-14-9-8-10(17-11(13)16-9)18(4-15-8)6-2-7(25-27(19,20)21)12(3-5(6)12)26-28(22,23)24/h4-7H,2-3H2,1H3,(H,14,16,17)(H2,19,20,21)(H2,22,23,24)/t5-,6+,7+,12+/m1/s1/i28+1. The molecule has 0 aromatic carbocycles. The van der Waals surface area contributed by atoms with Crippen LogP contribution in [0.25, 0.3) is 11.2 Å². The zero-order valence-electron chi connectivity index (χ0n) is 14.2. The van der Waals surface area contributed by atoms with Crippen molar-refractivity contribution in [3.8, 4) is 0 Å². The number of imidazole rings is 1. The van der Waals surface area contributed by atoms with E-state index in [1.165, 1.54) is 6.33 Å². The van der Waals surface area contributed by atoms with Crippen LogP contribution in [-0.4, -0.2) is 57.8 Å². The molecule has 2 aromatic heterocycles. The third-order valence-electron chi connectivity index (χ3n) is 5.01. The van der Waals surface area contributed by atoms with Gasteiger partial charge < -0.3 is 29.5 Å². The average molecular weight is 548 g/mol. The first-order valence-electron chi connectivity index (χ1n) is 8.01. The predicted octanol–water partition coefficient (Wildman–Crippen LogP) is 0.763. The summed E-state index contributed by atoms with van der Waals surface area (Å²) < 4.78 is 34.7. The number of aromatic nitrogens is 4. The molecule has 0 bridgehead atoms. The van der Waals surface area contributed by atoms with Crippen LogP contribution in [0.15, 0.2) is 6.33 Å². The predicted molar refractivity (Wildman–Crippen MR) is 102 cm³/mol. The van der Waals surface area contributed by atoms with E-state index >= 15 is 0 Å². The molecule has 5 N–H and O–H groups in total. The molecule has 0 amide bonds. The van der Waals surface area contributed by atoms with Crippen LogP contribution in [0.3, 0.4) is 0 Å². The van der Waals surface area contributed by atoms with Crippen LogP contribution >= 0.6 is 38.2 Å². The summed E-state index contributed by atoms with van der Waals surface area (Å²) >= 11 is 1.95. The molecule has 2 aromatic rings. The van der Waals surface area contributed by atoms with Crippen LogP contribution in [0.2, 0.25) is 0 Å². The molecule has 0 spiro atoms. The summed E-state index contributed by atoms with van der Waals surface area (Å²) in [7, 11) is -8.12. The van der Waals surface area contributed by atoms with Crippen molar-refractivity contribution < 1.29 is 37.8 Å². The van der Waals surface area contributed by atoms with Crippen molar-refractivity contribution in [3.05, 3.63) is 10.2 Å². The van der Waals surface area contributed by atoms with Gasteiger partial charge in [-0.15, -0.1) is 0 Å². The molecule has 2 saturated carbocycles. The minimum atomic E-state index is -4.91. The van der Waals surface area contributed by atoms with Gasteiger partial charge >= 0.3 is 15.6 Å². The summed E-state index contributed by atoms with van der Waals surface area (Å²) in [6, 6.07) is -0.427. The molecule has 16 heteroatoms. The van der Waals surface area contributed by atoms with Crippen molar-refractivity contribution in [3.63, 3.8) is 0 Å². The summed E-state index contributed by atoms with van der Waals surface area (Å²) in [6.07, 6.45) is 0.560. The molecule has 0 aliphatic heterocycles. The largest absolute Gasteiger partial charge is 0.470 e. The summed E-state index contributed by atoms with van der Waals surface area (Å²) in [4.78, 5) is 49.9. The Balaban J connectivity index is 1.74. The summed E-state index contributed by atoms with van der Waals surface area (Å²) in [6.45, 7) is 0. The molecule has 4 atom stereocenters. The number of nitrogens with zero attached hydrogens (tertiary/aromatic N) is 4. The lowest BCUT2D eigenvalue weighted by atomic mass is 10.1. The molecule has 2 aliphatic carbocycles. The third kappa shape index (κ3) is 3.61. The molecular formula is C12H16IN5O8P2. The first kappa shape index (κ1) is 20.6. The molecule has 2 heterocycles. The van der Waals surface area contributed by atoms with E-state index in [0.29, 0.717) is 20.8 Å². The lowest BCUT2D eigenvalue weighted by Crippen LogP contribution is -2.30. The lowest BCUT2D eigenvalue weighted by Gasteiger charge is -2.24. The fourth-order valence-corrected chi connectivity index (χ4v) is 5.83. The smallest absolute Gasteiger partial charge is 0.371 e. The minimum Gasteiger partial charge on any atom is -0.371 e. The van der Waals surface area contributed by atoms with Gasteiger partial charge in [0, 0.05) is 41.6 Å². The number of nitrogens with one attached hydrogen (secondary N) is 1. The van der Waals surface area contributed by atoms with Gasteiger partial charge in [0.25, 0.3) is 0 Å². The van der Waals surface area contributed by atoms with E-state index in [2.05, 4.69) is 20.3 Å². The number of anilines is 1. The van der Waals surface area contributed by atoms with E-state index < -0.39 is 39.3 Å². The Labute approximate surface area is 171 Å². The van der Waals surface area contributed by atoms with Crippen LogP contribution in [0, 0.1) is 9.75 Å². The van der Waals surface area contributed by atoms with Crippen molar-refractivity contribution in [1.82, 2.24) is 19.5 Å².